The maximum Gasteiger partial charge on any atom is 0.410 e. The zero-order chi connectivity index (χ0) is 20.2. The molecule has 1 aliphatic heterocycles. The monoisotopic (exact) mass is 397 g/mol. The van der Waals surface area contributed by atoms with Crippen LogP contribution < -0.4 is 10.0 Å². The molecule has 2 amide bonds. The second-order valence-electron chi connectivity index (χ2n) is 7.40. The fraction of sp³-hybridized carbons (Fsp3) is 0.556. The van der Waals surface area contributed by atoms with Gasteiger partial charge in [-0.15, -0.1) is 0 Å². The maximum atomic E-state index is 12.5. The van der Waals surface area contributed by atoms with Gasteiger partial charge < -0.3 is 10.1 Å². The van der Waals surface area contributed by atoms with Gasteiger partial charge in [-0.3, -0.25) is 9.69 Å². The van der Waals surface area contributed by atoms with Crippen molar-refractivity contribution in [2.75, 3.05) is 13.6 Å². The quantitative estimate of drug-likeness (QED) is 0.785. The van der Waals surface area contributed by atoms with E-state index >= 15 is 0 Å². The van der Waals surface area contributed by atoms with Crippen molar-refractivity contribution in [1.82, 2.24) is 14.9 Å². The molecule has 1 aromatic carbocycles. The lowest BCUT2D eigenvalue weighted by atomic mass is 10.2. The van der Waals surface area contributed by atoms with Gasteiger partial charge in [-0.25, -0.2) is 17.9 Å². The average molecular weight is 397 g/mol. The molecule has 0 aliphatic carbocycles. The van der Waals surface area contributed by atoms with Crippen LogP contribution in [0.4, 0.5) is 4.79 Å². The Morgan fingerprint density at radius 1 is 1.30 bits per heavy atom. The number of sulfonamides is 1. The largest absolute Gasteiger partial charge is 0.444 e. The molecule has 1 aromatic rings. The van der Waals surface area contributed by atoms with Crippen molar-refractivity contribution < 1.29 is 22.7 Å². The van der Waals surface area contributed by atoms with Crippen LogP contribution in [-0.2, 0) is 26.1 Å². The summed E-state index contributed by atoms with van der Waals surface area (Å²) in [5.41, 5.74) is 0.0291. The van der Waals surface area contributed by atoms with Gasteiger partial charge in [0.1, 0.15) is 11.6 Å². The smallest absolute Gasteiger partial charge is 0.410 e. The summed E-state index contributed by atoms with van der Waals surface area (Å²) in [6.45, 7) is 5.99. The summed E-state index contributed by atoms with van der Waals surface area (Å²) in [6.07, 6.45) is 0.800. The molecule has 0 unspecified atom stereocenters. The number of carbonyl (C=O) groups excluding carboxylic acids is 2. The molecule has 27 heavy (non-hydrogen) atoms. The number of likely N-dealkylation sites (tertiary alicyclic amines) is 1. The van der Waals surface area contributed by atoms with Gasteiger partial charge in [0.05, 0.1) is 4.90 Å². The standard InChI is InChI=1S/C18H27N3O5S/c1-18(2,3)26-17(23)21-10-6-9-15(21)16(22)20-12-13-7-5-8-14(11-13)27(24,25)19-4/h5,7-8,11,15,19H,6,9-10,12H2,1-4H3,(H,20,22)/t15-/m0/s1. The van der Waals surface area contributed by atoms with E-state index in [1.54, 1.807) is 32.9 Å². The van der Waals surface area contributed by atoms with Gasteiger partial charge >= 0.3 is 6.09 Å². The van der Waals surface area contributed by atoms with E-state index in [1.807, 2.05) is 0 Å². The van der Waals surface area contributed by atoms with E-state index in [-0.39, 0.29) is 17.3 Å². The lowest BCUT2D eigenvalue weighted by Crippen LogP contribution is -2.47. The molecule has 150 valence electrons. The van der Waals surface area contributed by atoms with Crippen LogP contribution in [0, 0.1) is 0 Å². The van der Waals surface area contributed by atoms with Crippen LogP contribution in [0.15, 0.2) is 29.2 Å². The Morgan fingerprint density at radius 2 is 2.00 bits per heavy atom. The summed E-state index contributed by atoms with van der Waals surface area (Å²) in [6, 6.07) is 5.76. The van der Waals surface area contributed by atoms with Crippen molar-refractivity contribution in [3.63, 3.8) is 0 Å². The van der Waals surface area contributed by atoms with Gasteiger partial charge in [-0.2, -0.15) is 0 Å². The topological polar surface area (TPSA) is 105 Å². The lowest BCUT2D eigenvalue weighted by Gasteiger charge is -2.28. The molecule has 0 saturated carbocycles. The number of nitrogens with one attached hydrogen (secondary N) is 2. The Hall–Kier alpha value is -2.13. The first kappa shape index (κ1) is 21.2. The van der Waals surface area contributed by atoms with Gasteiger partial charge in [0.2, 0.25) is 15.9 Å². The van der Waals surface area contributed by atoms with Crippen LogP contribution in [0.2, 0.25) is 0 Å². The normalized spacial score (nSPS) is 17.6. The maximum absolute atomic E-state index is 12.5. The highest BCUT2D eigenvalue weighted by Crippen LogP contribution is 2.21. The fourth-order valence-electron chi connectivity index (χ4n) is 2.83. The summed E-state index contributed by atoms with van der Waals surface area (Å²) < 4.78 is 31.4. The van der Waals surface area contributed by atoms with Crippen LogP contribution in [-0.4, -0.2) is 50.6 Å². The SMILES string of the molecule is CNS(=O)(=O)c1cccc(CNC(=O)[C@@H]2CCCN2C(=O)OC(C)(C)C)c1. The first-order valence-electron chi connectivity index (χ1n) is 8.83. The first-order valence-corrected chi connectivity index (χ1v) is 10.3. The summed E-state index contributed by atoms with van der Waals surface area (Å²) >= 11 is 0. The summed E-state index contributed by atoms with van der Waals surface area (Å²) in [7, 11) is -2.20. The number of nitrogens with zero attached hydrogens (tertiary/aromatic N) is 1. The highest BCUT2D eigenvalue weighted by molar-refractivity contribution is 7.89. The van der Waals surface area contributed by atoms with Crippen LogP contribution in [0.25, 0.3) is 0 Å². The minimum absolute atomic E-state index is 0.132. The van der Waals surface area contributed by atoms with Crippen molar-refractivity contribution >= 4 is 22.0 Å². The first-order chi connectivity index (χ1) is 12.5. The molecule has 0 radical (unpaired) electrons. The summed E-state index contributed by atoms with van der Waals surface area (Å²) in [4.78, 5) is 26.4. The zero-order valence-electron chi connectivity index (χ0n) is 16.1. The van der Waals surface area contributed by atoms with Gasteiger partial charge in [-0.05, 0) is 58.4 Å². The van der Waals surface area contributed by atoms with E-state index in [9.17, 15) is 18.0 Å². The second-order valence-corrected chi connectivity index (χ2v) is 9.29. The summed E-state index contributed by atoms with van der Waals surface area (Å²) in [5, 5.41) is 2.78. The Bertz CT molecular complexity index is 801. The number of rotatable bonds is 5. The second kappa shape index (κ2) is 8.26. The molecular formula is C18H27N3O5S. The molecule has 8 nitrogen and oxygen atoms in total. The molecule has 2 rings (SSSR count). The third-order valence-corrected chi connectivity index (χ3v) is 5.54. The van der Waals surface area contributed by atoms with E-state index in [0.29, 0.717) is 18.5 Å². The van der Waals surface area contributed by atoms with E-state index < -0.39 is 27.8 Å². The van der Waals surface area contributed by atoms with Crippen molar-refractivity contribution in [2.24, 2.45) is 0 Å². The molecular weight excluding hydrogens is 370 g/mol. The lowest BCUT2D eigenvalue weighted by molar-refractivity contribution is -0.125. The van der Waals surface area contributed by atoms with E-state index in [0.717, 1.165) is 6.42 Å². The van der Waals surface area contributed by atoms with Gasteiger partial charge in [-0.1, -0.05) is 12.1 Å². The van der Waals surface area contributed by atoms with Crippen molar-refractivity contribution in [1.29, 1.82) is 0 Å². The third-order valence-electron chi connectivity index (χ3n) is 4.13. The Morgan fingerprint density at radius 3 is 2.63 bits per heavy atom. The van der Waals surface area contributed by atoms with Gasteiger partial charge in [0, 0.05) is 13.1 Å². The molecule has 0 bridgehead atoms. The number of amides is 2. The zero-order valence-corrected chi connectivity index (χ0v) is 16.9. The van der Waals surface area contributed by atoms with E-state index in [1.165, 1.54) is 24.1 Å². The Kier molecular flexibility index (Phi) is 6.48. The number of carbonyl (C=O) groups is 2. The average Bonchev–Trinajstić information content (AvgIpc) is 3.08. The van der Waals surface area contributed by atoms with E-state index in [2.05, 4.69) is 10.0 Å². The molecule has 2 N–H and O–H groups in total. The predicted molar refractivity (Wildman–Crippen MR) is 100 cm³/mol. The van der Waals surface area contributed by atoms with Crippen LogP contribution >= 0.6 is 0 Å². The van der Waals surface area contributed by atoms with Crippen molar-refractivity contribution in [3.8, 4) is 0 Å². The number of ether oxygens (including phenoxy) is 1. The third kappa shape index (κ3) is 5.67. The van der Waals surface area contributed by atoms with E-state index in [4.69, 9.17) is 4.74 Å². The van der Waals surface area contributed by atoms with Crippen LogP contribution in [0.1, 0.15) is 39.2 Å². The molecule has 1 aliphatic rings. The molecule has 0 spiro atoms. The van der Waals surface area contributed by atoms with Gasteiger partial charge in [0.25, 0.3) is 0 Å². The molecule has 0 aromatic heterocycles. The molecule has 1 atom stereocenters. The number of hydrogen-bond acceptors (Lipinski definition) is 5. The van der Waals surface area contributed by atoms with Crippen LogP contribution in [0.3, 0.4) is 0 Å². The molecule has 1 fully saturated rings. The minimum atomic E-state index is -3.54. The number of benzene rings is 1. The van der Waals surface area contributed by atoms with Crippen LogP contribution in [0.5, 0.6) is 0 Å². The molecule has 9 heteroatoms. The highest BCUT2D eigenvalue weighted by atomic mass is 32.2. The number of hydrogen-bond donors (Lipinski definition) is 2. The predicted octanol–water partition coefficient (Wildman–Crippen LogP) is 1.61. The fourth-order valence-corrected chi connectivity index (χ4v) is 3.63. The molecule has 1 heterocycles. The Labute approximate surface area is 160 Å². The minimum Gasteiger partial charge on any atom is -0.444 e. The Balaban J connectivity index is 2.01. The molecule has 1 saturated heterocycles. The van der Waals surface area contributed by atoms with Crippen molar-refractivity contribution in [2.45, 2.75) is 56.7 Å². The van der Waals surface area contributed by atoms with Gasteiger partial charge in [0.15, 0.2) is 0 Å². The summed E-state index contributed by atoms with van der Waals surface area (Å²) in [5.74, 6) is -0.278. The highest BCUT2D eigenvalue weighted by Gasteiger charge is 2.36. The van der Waals surface area contributed by atoms with Crippen molar-refractivity contribution in [3.05, 3.63) is 29.8 Å².